The topological polar surface area (TPSA) is 32.5 Å². The van der Waals surface area contributed by atoms with E-state index in [9.17, 15) is 0 Å². The van der Waals surface area contributed by atoms with Crippen molar-refractivity contribution in [3.63, 3.8) is 0 Å². The summed E-state index contributed by atoms with van der Waals surface area (Å²) in [7, 11) is 0. The van der Waals surface area contributed by atoms with Gasteiger partial charge < -0.3 is 4.90 Å². The minimum absolute atomic E-state index is 0.826. The van der Waals surface area contributed by atoms with Crippen LogP contribution in [0.1, 0.15) is 32.1 Å². The maximum Gasteiger partial charge on any atom is 0.0169 e. The molecule has 3 heteroatoms. The van der Waals surface area contributed by atoms with E-state index in [1.165, 1.54) is 51.7 Å². The Bertz CT molecular complexity index is 166. The Labute approximate surface area is 87.2 Å². The molecule has 0 aliphatic carbocycles. The molecule has 82 valence electrons. The molecule has 0 amide bonds. The summed E-state index contributed by atoms with van der Waals surface area (Å²) >= 11 is 0. The Balaban J connectivity index is 1.72. The maximum absolute atomic E-state index is 5.85. The van der Waals surface area contributed by atoms with Crippen LogP contribution >= 0.6 is 0 Å². The summed E-state index contributed by atoms with van der Waals surface area (Å²) in [5, 5.41) is 2.00. The zero-order chi connectivity index (χ0) is 9.80. The molecular weight excluding hydrogens is 174 g/mol. The van der Waals surface area contributed by atoms with Gasteiger partial charge in [-0.15, -0.1) is 0 Å². The third-order valence-corrected chi connectivity index (χ3v) is 3.52. The highest BCUT2D eigenvalue weighted by Gasteiger charge is 2.21. The van der Waals surface area contributed by atoms with Gasteiger partial charge in [0.15, 0.2) is 0 Å². The van der Waals surface area contributed by atoms with Crippen molar-refractivity contribution in [3.8, 4) is 0 Å². The number of nitrogens with two attached hydrogens (primary N) is 1. The molecule has 0 aromatic carbocycles. The molecule has 3 nitrogen and oxygen atoms in total. The Kier molecular flexibility index (Phi) is 3.79. The third-order valence-electron chi connectivity index (χ3n) is 3.52. The standard InChI is InChI=1S/C11H23N3/c12-14-8-4-5-11(10-14)9-13-6-2-1-3-7-13/h11H,1-10,12H2. The molecule has 0 spiro atoms. The highest BCUT2D eigenvalue weighted by molar-refractivity contribution is 4.75. The molecule has 0 radical (unpaired) electrons. The van der Waals surface area contributed by atoms with Gasteiger partial charge in [0.1, 0.15) is 0 Å². The fourth-order valence-electron chi connectivity index (χ4n) is 2.75. The number of piperidine rings is 2. The van der Waals surface area contributed by atoms with E-state index in [0.717, 1.165) is 19.0 Å². The fourth-order valence-corrected chi connectivity index (χ4v) is 2.75. The predicted molar refractivity (Wildman–Crippen MR) is 58.8 cm³/mol. The van der Waals surface area contributed by atoms with E-state index in [1.807, 2.05) is 5.01 Å². The zero-order valence-electron chi connectivity index (χ0n) is 9.12. The average Bonchev–Trinajstić information content (AvgIpc) is 2.19. The molecule has 2 aliphatic heterocycles. The minimum Gasteiger partial charge on any atom is -0.303 e. The van der Waals surface area contributed by atoms with E-state index in [2.05, 4.69) is 4.90 Å². The first kappa shape index (κ1) is 10.4. The summed E-state index contributed by atoms with van der Waals surface area (Å²) < 4.78 is 0. The van der Waals surface area contributed by atoms with Gasteiger partial charge in [-0.25, -0.2) is 5.01 Å². The van der Waals surface area contributed by atoms with Gasteiger partial charge in [-0.05, 0) is 44.7 Å². The molecule has 2 heterocycles. The molecule has 2 N–H and O–H groups in total. The lowest BCUT2D eigenvalue weighted by atomic mass is 9.97. The molecule has 0 bridgehead atoms. The highest BCUT2D eigenvalue weighted by atomic mass is 15.4. The fraction of sp³-hybridized carbons (Fsp3) is 1.00. The lowest BCUT2D eigenvalue weighted by molar-refractivity contribution is 0.123. The Hall–Kier alpha value is -0.120. The lowest BCUT2D eigenvalue weighted by Crippen LogP contribution is -2.45. The Morgan fingerprint density at radius 2 is 1.79 bits per heavy atom. The molecule has 2 rings (SSSR count). The monoisotopic (exact) mass is 197 g/mol. The SMILES string of the molecule is NN1CCCC(CN2CCCCC2)C1. The van der Waals surface area contributed by atoms with E-state index in [4.69, 9.17) is 5.84 Å². The summed E-state index contributed by atoms with van der Waals surface area (Å²) in [5.41, 5.74) is 0. The van der Waals surface area contributed by atoms with Crippen molar-refractivity contribution in [2.24, 2.45) is 11.8 Å². The van der Waals surface area contributed by atoms with Gasteiger partial charge in [0.25, 0.3) is 0 Å². The molecule has 0 saturated carbocycles. The molecule has 2 aliphatic rings. The second-order valence-electron chi connectivity index (χ2n) is 4.86. The number of likely N-dealkylation sites (tertiary alicyclic amines) is 1. The van der Waals surface area contributed by atoms with Crippen LogP contribution in [-0.4, -0.2) is 42.6 Å². The molecule has 0 aromatic rings. The van der Waals surface area contributed by atoms with Crippen LogP contribution in [0.2, 0.25) is 0 Å². The first-order valence-electron chi connectivity index (χ1n) is 6.06. The molecular formula is C11H23N3. The molecule has 14 heavy (non-hydrogen) atoms. The molecule has 2 saturated heterocycles. The van der Waals surface area contributed by atoms with Crippen LogP contribution in [0.3, 0.4) is 0 Å². The normalized spacial score (nSPS) is 31.9. The van der Waals surface area contributed by atoms with Crippen molar-refractivity contribution in [1.29, 1.82) is 0 Å². The predicted octanol–water partition coefficient (Wildman–Crippen LogP) is 1.06. The average molecular weight is 197 g/mol. The van der Waals surface area contributed by atoms with Crippen LogP contribution in [0.25, 0.3) is 0 Å². The second kappa shape index (κ2) is 5.10. The Morgan fingerprint density at radius 1 is 1.00 bits per heavy atom. The minimum atomic E-state index is 0.826. The summed E-state index contributed by atoms with van der Waals surface area (Å²) in [4.78, 5) is 2.63. The van der Waals surface area contributed by atoms with Crippen molar-refractivity contribution >= 4 is 0 Å². The summed E-state index contributed by atoms with van der Waals surface area (Å²) in [5.74, 6) is 6.67. The van der Waals surface area contributed by atoms with Crippen LogP contribution in [0, 0.1) is 5.92 Å². The molecule has 0 aromatic heterocycles. The summed E-state index contributed by atoms with van der Waals surface area (Å²) in [6.07, 6.45) is 6.90. The third kappa shape index (κ3) is 2.94. The van der Waals surface area contributed by atoms with Gasteiger partial charge in [-0.3, -0.25) is 5.84 Å². The maximum atomic E-state index is 5.85. The van der Waals surface area contributed by atoms with Crippen LogP contribution in [0.4, 0.5) is 0 Å². The van der Waals surface area contributed by atoms with Gasteiger partial charge in [0.05, 0.1) is 0 Å². The van der Waals surface area contributed by atoms with Crippen molar-refractivity contribution < 1.29 is 0 Å². The van der Waals surface area contributed by atoms with Gasteiger partial charge in [0, 0.05) is 19.6 Å². The van der Waals surface area contributed by atoms with Crippen LogP contribution in [0.15, 0.2) is 0 Å². The quantitative estimate of drug-likeness (QED) is 0.672. The highest BCUT2D eigenvalue weighted by Crippen LogP contribution is 2.17. The van der Waals surface area contributed by atoms with Crippen LogP contribution in [-0.2, 0) is 0 Å². The largest absolute Gasteiger partial charge is 0.303 e. The lowest BCUT2D eigenvalue weighted by Gasteiger charge is -2.34. The summed E-state index contributed by atoms with van der Waals surface area (Å²) in [6.45, 7) is 6.13. The van der Waals surface area contributed by atoms with E-state index in [-0.39, 0.29) is 0 Å². The van der Waals surface area contributed by atoms with E-state index in [0.29, 0.717) is 0 Å². The smallest absolute Gasteiger partial charge is 0.0169 e. The number of hydrazine groups is 1. The summed E-state index contributed by atoms with van der Waals surface area (Å²) in [6, 6.07) is 0. The first-order valence-corrected chi connectivity index (χ1v) is 6.06. The zero-order valence-corrected chi connectivity index (χ0v) is 9.12. The van der Waals surface area contributed by atoms with Crippen molar-refractivity contribution in [1.82, 2.24) is 9.91 Å². The van der Waals surface area contributed by atoms with Gasteiger partial charge in [-0.2, -0.15) is 0 Å². The van der Waals surface area contributed by atoms with Crippen molar-refractivity contribution in [2.45, 2.75) is 32.1 Å². The molecule has 1 atom stereocenters. The van der Waals surface area contributed by atoms with Crippen molar-refractivity contribution in [3.05, 3.63) is 0 Å². The van der Waals surface area contributed by atoms with E-state index in [1.54, 1.807) is 0 Å². The van der Waals surface area contributed by atoms with Crippen molar-refractivity contribution in [2.75, 3.05) is 32.7 Å². The van der Waals surface area contributed by atoms with Gasteiger partial charge in [0.2, 0.25) is 0 Å². The Morgan fingerprint density at radius 3 is 2.50 bits per heavy atom. The molecule has 1 unspecified atom stereocenters. The van der Waals surface area contributed by atoms with E-state index < -0.39 is 0 Å². The number of hydrogen-bond donors (Lipinski definition) is 1. The van der Waals surface area contributed by atoms with Crippen LogP contribution in [0.5, 0.6) is 0 Å². The second-order valence-corrected chi connectivity index (χ2v) is 4.86. The number of hydrogen-bond acceptors (Lipinski definition) is 3. The number of rotatable bonds is 2. The van der Waals surface area contributed by atoms with Gasteiger partial charge in [-0.1, -0.05) is 6.42 Å². The first-order chi connectivity index (χ1) is 6.84. The molecule has 2 fully saturated rings. The van der Waals surface area contributed by atoms with Crippen LogP contribution < -0.4 is 5.84 Å². The van der Waals surface area contributed by atoms with Gasteiger partial charge >= 0.3 is 0 Å². The van der Waals surface area contributed by atoms with E-state index >= 15 is 0 Å². The number of nitrogens with zero attached hydrogens (tertiary/aromatic N) is 2.